The monoisotopic (exact) mass is 278 g/mol. The third-order valence-electron chi connectivity index (χ3n) is 2.48. The van der Waals surface area contributed by atoms with Gasteiger partial charge < -0.3 is 2.85 Å². The van der Waals surface area contributed by atoms with Crippen molar-refractivity contribution in [1.82, 2.24) is 0 Å². The molecule has 0 amide bonds. The third-order valence-corrected chi connectivity index (χ3v) is 2.94. The zero-order chi connectivity index (χ0) is 12.3. The number of hydrogen-bond donors (Lipinski definition) is 1. The Labute approximate surface area is 125 Å². The van der Waals surface area contributed by atoms with Crippen molar-refractivity contribution >= 4 is 33.5 Å². The minimum absolute atomic E-state index is 0. The molecule has 0 rings (SSSR count). The van der Waals surface area contributed by atoms with E-state index in [0.717, 1.165) is 12.8 Å². The molecule has 17 heavy (non-hydrogen) atoms. The fourth-order valence-corrected chi connectivity index (χ4v) is 1.91. The van der Waals surface area contributed by atoms with Gasteiger partial charge in [0, 0.05) is 0 Å². The van der Waals surface area contributed by atoms with Gasteiger partial charge >= 0.3 is 33.5 Å². The van der Waals surface area contributed by atoms with Gasteiger partial charge in [0.1, 0.15) is 0 Å². The average molecular weight is 279 g/mol. The quantitative estimate of drug-likeness (QED) is 0.358. The smallest absolute Gasteiger partial charge is 1.00 e. The summed E-state index contributed by atoms with van der Waals surface area (Å²) < 4.78 is 32.9. The Bertz CT molecular complexity index is 251. The predicted octanol–water partition coefficient (Wildman–Crippen LogP) is 3.18. The summed E-state index contributed by atoms with van der Waals surface area (Å²) in [5, 5.41) is 0. The Morgan fingerprint density at radius 3 is 1.76 bits per heavy atom. The van der Waals surface area contributed by atoms with Crippen LogP contribution < -0.4 is 0 Å². The van der Waals surface area contributed by atoms with Crippen molar-refractivity contribution in [3.8, 4) is 0 Å². The molecule has 0 bridgehead atoms. The van der Waals surface area contributed by atoms with Crippen LogP contribution in [0.25, 0.3) is 0 Å². The van der Waals surface area contributed by atoms with Crippen molar-refractivity contribution in [2.75, 3.05) is 6.61 Å². The fraction of sp³-hybridized carbons (Fsp3) is 1.00. The molecule has 0 saturated heterocycles. The summed E-state index contributed by atoms with van der Waals surface area (Å²) in [4.78, 5) is 0. The van der Waals surface area contributed by atoms with E-state index in [1.54, 1.807) is 0 Å². The number of hydrogen-bond acceptors (Lipinski definition) is 3. The Kier molecular flexibility index (Phi) is 15.4. The van der Waals surface area contributed by atoms with Crippen LogP contribution >= 0.6 is 0 Å². The summed E-state index contributed by atoms with van der Waals surface area (Å²) in [7, 11) is -4.23. The summed E-state index contributed by atoms with van der Waals surface area (Å²) in [5.41, 5.74) is 0. The summed E-state index contributed by atoms with van der Waals surface area (Å²) in [6, 6.07) is 0. The van der Waals surface area contributed by atoms with Crippen molar-refractivity contribution < 1.29 is 20.0 Å². The molecule has 0 aromatic carbocycles. The van der Waals surface area contributed by atoms with Gasteiger partial charge in [-0.2, -0.15) is 8.42 Å². The first-order valence-corrected chi connectivity index (χ1v) is 7.54. The molecule has 0 spiro atoms. The van der Waals surface area contributed by atoms with Crippen LogP contribution in [0.1, 0.15) is 67.6 Å². The van der Waals surface area contributed by atoms with Crippen LogP contribution in [0.5, 0.6) is 0 Å². The second-order valence-corrected chi connectivity index (χ2v) is 5.17. The molecule has 0 aliphatic rings. The van der Waals surface area contributed by atoms with Crippen molar-refractivity contribution in [2.45, 2.75) is 64.7 Å². The molecule has 0 saturated carbocycles. The molecule has 0 fully saturated rings. The van der Waals surface area contributed by atoms with E-state index in [9.17, 15) is 8.42 Å². The predicted molar refractivity (Wildman–Crippen MR) is 72.7 cm³/mol. The zero-order valence-corrected chi connectivity index (χ0v) is 13.1. The van der Waals surface area contributed by atoms with Crippen LogP contribution in [0, 0.1) is 0 Å². The van der Waals surface area contributed by atoms with Gasteiger partial charge in [0.05, 0.1) is 6.61 Å². The van der Waals surface area contributed by atoms with Gasteiger partial charge in [0.2, 0.25) is 0 Å². The topological polar surface area (TPSA) is 63.6 Å². The minimum Gasteiger partial charge on any atom is -1.00 e. The first kappa shape index (κ1) is 20.0. The summed E-state index contributed by atoms with van der Waals surface area (Å²) >= 11 is 0. The standard InChI is InChI=1S/C11H24O4S.Mg.2H/c1-2-3-4-5-6-7-8-9-10-11-15-16(12,13)14;;;/h2-11H2,1H3,(H,12,13,14);;;/q;+2;2*-1. The molecule has 1 N–H and O–H groups in total. The normalized spacial score (nSPS) is 11.2. The van der Waals surface area contributed by atoms with E-state index in [1.807, 2.05) is 0 Å². The minimum atomic E-state index is -4.23. The fourth-order valence-electron chi connectivity index (χ4n) is 1.58. The molecule has 6 heteroatoms. The van der Waals surface area contributed by atoms with E-state index in [0.29, 0.717) is 6.42 Å². The van der Waals surface area contributed by atoms with E-state index in [2.05, 4.69) is 11.1 Å². The summed E-state index contributed by atoms with van der Waals surface area (Å²) in [5.74, 6) is 0. The molecule has 0 atom stereocenters. The number of unbranched alkanes of at least 4 members (excludes halogenated alkanes) is 8. The summed E-state index contributed by atoms with van der Waals surface area (Å²) in [6.45, 7) is 2.30. The maximum atomic E-state index is 10.2. The van der Waals surface area contributed by atoms with Gasteiger partial charge in [-0.05, 0) is 6.42 Å². The molecule has 0 heterocycles. The Morgan fingerprint density at radius 1 is 0.941 bits per heavy atom. The van der Waals surface area contributed by atoms with E-state index >= 15 is 0 Å². The number of rotatable bonds is 11. The largest absolute Gasteiger partial charge is 2.00 e. The molecule has 4 nitrogen and oxygen atoms in total. The van der Waals surface area contributed by atoms with Crippen molar-refractivity contribution in [3.05, 3.63) is 0 Å². The van der Waals surface area contributed by atoms with E-state index < -0.39 is 10.4 Å². The first-order valence-electron chi connectivity index (χ1n) is 6.18. The first-order chi connectivity index (χ1) is 7.56. The van der Waals surface area contributed by atoms with Gasteiger partial charge in [0.25, 0.3) is 0 Å². The van der Waals surface area contributed by atoms with Crippen LogP contribution in [-0.4, -0.2) is 42.6 Å². The second kappa shape index (κ2) is 13.1. The Morgan fingerprint density at radius 2 is 1.35 bits per heavy atom. The average Bonchev–Trinajstić information content (AvgIpc) is 2.19. The van der Waals surface area contributed by atoms with Crippen LogP contribution in [-0.2, 0) is 14.6 Å². The van der Waals surface area contributed by atoms with Gasteiger partial charge in [-0.25, -0.2) is 4.18 Å². The maximum Gasteiger partial charge on any atom is 2.00 e. The van der Waals surface area contributed by atoms with Crippen molar-refractivity contribution in [2.24, 2.45) is 0 Å². The SMILES string of the molecule is CCCCCCCCCCCOS(=O)(=O)O.[H-].[H-].[Mg+2]. The molecule has 0 unspecified atom stereocenters. The van der Waals surface area contributed by atoms with E-state index in [1.165, 1.54) is 38.5 Å². The van der Waals surface area contributed by atoms with E-state index in [-0.39, 0.29) is 32.5 Å². The van der Waals surface area contributed by atoms with Crippen molar-refractivity contribution in [1.29, 1.82) is 0 Å². The van der Waals surface area contributed by atoms with Gasteiger partial charge in [-0.3, -0.25) is 4.55 Å². The van der Waals surface area contributed by atoms with Crippen molar-refractivity contribution in [3.63, 3.8) is 0 Å². The van der Waals surface area contributed by atoms with Gasteiger partial charge in [-0.1, -0.05) is 58.3 Å². The zero-order valence-electron chi connectivity index (χ0n) is 12.9. The molecule has 0 aliphatic carbocycles. The molecular weight excluding hydrogens is 252 g/mol. The maximum absolute atomic E-state index is 10.2. The van der Waals surface area contributed by atoms with Gasteiger partial charge in [0.15, 0.2) is 0 Å². The molecule has 0 aromatic rings. The molecule has 0 aliphatic heterocycles. The van der Waals surface area contributed by atoms with Crippen LogP contribution in [0.15, 0.2) is 0 Å². The summed E-state index contributed by atoms with van der Waals surface area (Å²) in [6.07, 6.45) is 10.4. The van der Waals surface area contributed by atoms with Gasteiger partial charge in [-0.15, -0.1) is 0 Å². The third kappa shape index (κ3) is 19.2. The van der Waals surface area contributed by atoms with Crippen LogP contribution in [0.3, 0.4) is 0 Å². The Hall–Kier alpha value is 0.636. The molecule has 0 aromatic heterocycles. The Balaban J connectivity index is -0.000000375. The van der Waals surface area contributed by atoms with Crippen LogP contribution in [0.4, 0.5) is 0 Å². The molecule has 0 radical (unpaired) electrons. The van der Waals surface area contributed by atoms with E-state index in [4.69, 9.17) is 4.55 Å². The molecule has 102 valence electrons. The second-order valence-electron chi connectivity index (χ2n) is 4.08. The molecular formula is C11H26MgO4S. The van der Waals surface area contributed by atoms with Crippen LogP contribution in [0.2, 0.25) is 0 Å².